The molecular formula is C24H34O3. The SMILES string of the molecule is CCC12CC[C@H]3C(CC=C4C=C(OC)CCC43C)[C@@H]1CC[C@@]21CCC(=O)O1. The maximum Gasteiger partial charge on any atom is 0.306 e. The normalized spacial score (nSPS) is 48.3. The zero-order valence-electron chi connectivity index (χ0n) is 17.2. The first-order valence-corrected chi connectivity index (χ1v) is 11.1. The molecule has 6 atom stereocenters. The number of carbonyl (C=O) groups excluding carboxylic acids is 1. The van der Waals surface area contributed by atoms with Gasteiger partial charge in [0.1, 0.15) is 5.60 Å². The van der Waals surface area contributed by atoms with Crippen LogP contribution in [-0.2, 0) is 14.3 Å². The third kappa shape index (κ3) is 2.17. The molecule has 3 heteroatoms. The van der Waals surface area contributed by atoms with Crippen LogP contribution in [0.15, 0.2) is 23.5 Å². The second-order valence-electron chi connectivity index (χ2n) is 10.1. The Labute approximate surface area is 163 Å². The third-order valence-corrected chi connectivity index (χ3v) is 9.64. The van der Waals surface area contributed by atoms with Gasteiger partial charge in [-0.15, -0.1) is 0 Å². The first-order chi connectivity index (χ1) is 13.0. The number of rotatable bonds is 2. The summed E-state index contributed by atoms with van der Waals surface area (Å²) in [5, 5.41) is 0. The summed E-state index contributed by atoms with van der Waals surface area (Å²) >= 11 is 0. The number of hydrogen-bond acceptors (Lipinski definition) is 3. The molecule has 1 saturated heterocycles. The highest BCUT2D eigenvalue weighted by Gasteiger charge is 2.67. The third-order valence-electron chi connectivity index (χ3n) is 9.64. The lowest BCUT2D eigenvalue weighted by Gasteiger charge is -2.59. The molecule has 0 amide bonds. The summed E-state index contributed by atoms with van der Waals surface area (Å²) in [6.45, 7) is 4.87. The predicted molar refractivity (Wildman–Crippen MR) is 105 cm³/mol. The quantitative estimate of drug-likeness (QED) is 0.597. The van der Waals surface area contributed by atoms with Crippen LogP contribution in [0.2, 0.25) is 0 Å². The van der Waals surface area contributed by atoms with Gasteiger partial charge in [0.2, 0.25) is 0 Å². The Morgan fingerprint density at radius 2 is 1.96 bits per heavy atom. The van der Waals surface area contributed by atoms with E-state index in [0.717, 1.165) is 49.2 Å². The van der Waals surface area contributed by atoms with Gasteiger partial charge in [-0.1, -0.05) is 19.9 Å². The molecule has 148 valence electrons. The van der Waals surface area contributed by atoms with Gasteiger partial charge in [0.05, 0.1) is 12.9 Å². The molecule has 2 saturated carbocycles. The molecule has 0 aromatic carbocycles. The Kier molecular flexibility index (Phi) is 3.88. The Balaban J connectivity index is 1.51. The minimum Gasteiger partial charge on any atom is -0.501 e. The van der Waals surface area contributed by atoms with Crippen molar-refractivity contribution in [2.45, 2.75) is 83.7 Å². The Hall–Kier alpha value is -1.25. The first kappa shape index (κ1) is 17.8. The van der Waals surface area contributed by atoms with Gasteiger partial charge >= 0.3 is 5.97 Å². The van der Waals surface area contributed by atoms with E-state index in [1.807, 2.05) is 0 Å². The van der Waals surface area contributed by atoms with Crippen LogP contribution < -0.4 is 0 Å². The van der Waals surface area contributed by atoms with Crippen LogP contribution in [0.4, 0.5) is 0 Å². The van der Waals surface area contributed by atoms with Gasteiger partial charge in [0.25, 0.3) is 0 Å². The first-order valence-electron chi connectivity index (χ1n) is 11.1. The van der Waals surface area contributed by atoms with E-state index in [-0.39, 0.29) is 17.0 Å². The minimum atomic E-state index is -0.144. The fourth-order valence-electron chi connectivity index (χ4n) is 8.28. The van der Waals surface area contributed by atoms with Gasteiger partial charge in [-0.2, -0.15) is 0 Å². The highest BCUT2D eigenvalue weighted by atomic mass is 16.6. The van der Waals surface area contributed by atoms with E-state index in [4.69, 9.17) is 9.47 Å². The van der Waals surface area contributed by atoms with E-state index in [0.29, 0.717) is 11.8 Å². The molecule has 0 bridgehead atoms. The van der Waals surface area contributed by atoms with Crippen LogP contribution in [0, 0.1) is 28.6 Å². The zero-order chi connectivity index (χ0) is 18.9. The van der Waals surface area contributed by atoms with Crippen molar-refractivity contribution in [2.75, 3.05) is 7.11 Å². The number of ether oxygens (including phenoxy) is 2. The summed E-state index contributed by atoms with van der Waals surface area (Å²) in [5.41, 5.74) is 1.91. The number of allylic oxidation sites excluding steroid dienone is 4. The maximum absolute atomic E-state index is 12.1. The van der Waals surface area contributed by atoms with E-state index < -0.39 is 0 Å². The largest absolute Gasteiger partial charge is 0.501 e. The van der Waals surface area contributed by atoms with Crippen molar-refractivity contribution in [3.05, 3.63) is 23.5 Å². The monoisotopic (exact) mass is 370 g/mol. The summed E-state index contributed by atoms with van der Waals surface area (Å²) < 4.78 is 11.7. The van der Waals surface area contributed by atoms with Crippen molar-refractivity contribution in [3.8, 4) is 0 Å². The number of carbonyl (C=O) groups is 1. The topological polar surface area (TPSA) is 35.5 Å². The molecule has 27 heavy (non-hydrogen) atoms. The van der Waals surface area contributed by atoms with Gasteiger partial charge in [-0.3, -0.25) is 4.79 Å². The van der Waals surface area contributed by atoms with E-state index in [9.17, 15) is 4.79 Å². The molecule has 1 aliphatic heterocycles. The molecule has 5 aliphatic rings. The molecule has 3 nitrogen and oxygen atoms in total. The highest BCUT2D eigenvalue weighted by Crippen LogP contribution is 2.70. The van der Waals surface area contributed by atoms with E-state index in [2.05, 4.69) is 26.0 Å². The molecule has 1 spiro atoms. The smallest absolute Gasteiger partial charge is 0.306 e. The van der Waals surface area contributed by atoms with Crippen molar-refractivity contribution in [1.82, 2.24) is 0 Å². The summed E-state index contributed by atoms with van der Waals surface area (Å²) in [4.78, 5) is 12.1. The van der Waals surface area contributed by atoms with E-state index in [1.165, 1.54) is 37.7 Å². The van der Waals surface area contributed by atoms with Crippen LogP contribution in [0.25, 0.3) is 0 Å². The number of hydrogen-bond donors (Lipinski definition) is 0. The lowest BCUT2D eigenvalue weighted by atomic mass is 9.46. The van der Waals surface area contributed by atoms with Crippen LogP contribution in [0.5, 0.6) is 0 Å². The lowest BCUT2D eigenvalue weighted by molar-refractivity contribution is -0.170. The Morgan fingerprint density at radius 1 is 1.15 bits per heavy atom. The number of esters is 1. The van der Waals surface area contributed by atoms with Crippen molar-refractivity contribution in [1.29, 1.82) is 0 Å². The van der Waals surface area contributed by atoms with Crippen molar-refractivity contribution in [2.24, 2.45) is 28.6 Å². The average Bonchev–Trinajstić information content (AvgIpc) is 3.22. The highest BCUT2D eigenvalue weighted by molar-refractivity contribution is 5.72. The van der Waals surface area contributed by atoms with Gasteiger partial charge in [-0.05, 0) is 86.2 Å². The molecule has 3 fully saturated rings. The second-order valence-corrected chi connectivity index (χ2v) is 10.1. The van der Waals surface area contributed by atoms with Crippen molar-refractivity contribution in [3.63, 3.8) is 0 Å². The summed E-state index contributed by atoms with van der Waals surface area (Å²) in [5.74, 6) is 3.43. The fraction of sp³-hybridized carbons (Fsp3) is 0.792. The number of methoxy groups -OCH3 is 1. The van der Waals surface area contributed by atoms with E-state index in [1.54, 1.807) is 7.11 Å². The van der Waals surface area contributed by atoms with Gasteiger partial charge in [-0.25, -0.2) is 0 Å². The second kappa shape index (κ2) is 5.87. The molecule has 0 N–H and O–H groups in total. The molecular weight excluding hydrogens is 336 g/mol. The maximum atomic E-state index is 12.1. The van der Waals surface area contributed by atoms with Gasteiger partial charge < -0.3 is 9.47 Å². The van der Waals surface area contributed by atoms with Crippen molar-refractivity contribution >= 4 is 5.97 Å². The predicted octanol–water partition coefficient (Wildman–Crippen LogP) is 5.56. The zero-order valence-corrected chi connectivity index (χ0v) is 17.2. The average molecular weight is 371 g/mol. The standard InChI is InChI=1S/C24H34O3/c1-4-23-12-8-19-18(20(23)9-13-24(23)14-10-21(25)27-24)6-5-16-15-17(26-3)7-11-22(16,19)2/h5,15,18-20H,4,6-14H2,1-3H3/t18?,19-,20-,22?,23?,24+/m0/s1. The van der Waals surface area contributed by atoms with E-state index >= 15 is 0 Å². The van der Waals surface area contributed by atoms with Gasteiger partial charge in [0.15, 0.2) is 0 Å². The molecule has 3 unspecified atom stereocenters. The Bertz CT molecular complexity index is 721. The molecule has 0 aromatic rings. The molecule has 5 rings (SSSR count). The minimum absolute atomic E-state index is 0.0490. The molecule has 0 aromatic heterocycles. The fourth-order valence-corrected chi connectivity index (χ4v) is 8.28. The van der Waals surface area contributed by atoms with Crippen LogP contribution in [0.3, 0.4) is 0 Å². The van der Waals surface area contributed by atoms with Gasteiger partial charge in [0, 0.05) is 18.3 Å². The summed E-state index contributed by atoms with van der Waals surface area (Å²) in [7, 11) is 1.80. The number of fused-ring (bicyclic) bond motifs is 6. The summed E-state index contributed by atoms with van der Waals surface area (Å²) in [6, 6.07) is 0. The molecule has 0 radical (unpaired) electrons. The summed E-state index contributed by atoms with van der Waals surface area (Å²) in [6.07, 6.45) is 16.0. The van der Waals surface area contributed by atoms with Crippen LogP contribution in [-0.4, -0.2) is 18.7 Å². The van der Waals surface area contributed by atoms with Crippen molar-refractivity contribution < 1.29 is 14.3 Å². The lowest BCUT2D eigenvalue weighted by Crippen LogP contribution is -2.55. The molecule has 1 heterocycles. The van der Waals surface area contributed by atoms with Crippen LogP contribution in [0.1, 0.15) is 78.1 Å². The molecule has 4 aliphatic carbocycles. The van der Waals surface area contributed by atoms with Crippen LogP contribution >= 0.6 is 0 Å². The Morgan fingerprint density at radius 3 is 2.67 bits per heavy atom.